The molecule has 0 radical (unpaired) electrons. The van der Waals surface area contributed by atoms with Crippen molar-refractivity contribution < 1.29 is 13.9 Å². The number of carbonyl (C=O) groups excluding carboxylic acids is 1. The molecule has 1 rings (SSSR count). The van der Waals surface area contributed by atoms with E-state index in [0.717, 1.165) is 5.56 Å². The highest BCUT2D eigenvalue weighted by Crippen LogP contribution is 2.19. The summed E-state index contributed by atoms with van der Waals surface area (Å²) in [7, 11) is 0. The first-order valence-corrected chi connectivity index (χ1v) is 6.44. The second-order valence-electron chi connectivity index (χ2n) is 5.87. The Morgan fingerprint density at radius 2 is 2.00 bits per heavy atom. The van der Waals surface area contributed by atoms with Crippen molar-refractivity contribution in [2.24, 2.45) is 0 Å². The smallest absolute Gasteiger partial charge is 0.407 e. The molecule has 0 aliphatic carbocycles. The third-order valence-corrected chi connectivity index (χ3v) is 2.52. The van der Waals surface area contributed by atoms with Gasteiger partial charge in [0.1, 0.15) is 11.4 Å². The van der Waals surface area contributed by atoms with E-state index >= 15 is 0 Å². The number of benzene rings is 1. The number of hydrogen-bond donors (Lipinski definition) is 1. The Bertz CT molecular complexity index is 450. The van der Waals surface area contributed by atoms with Gasteiger partial charge in [-0.2, -0.15) is 0 Å². The van der Waals surface area contributed by atoms with Gasteiger partial charge in [0.25, 0.3) is 0 Å². The molecule has 1 N–H and O–H groups in total. The molecule has 0 fully saturated rings. The molecular formula is C15H22FNO2. The van der Waals surface area contributed by atoms with Gasteiger partial charge in [-0.25, -0.2) is 9.18 Å². The maximum Gasteiger partial charge on any atom is 0.407 e. The Balaban J connectivity index is 2.64. The van der Waals surface area contributed by atoms with Gasteiger partial charge in [-0.15, -0.1) is 0 Å². The zero-order chi connectivity index (χ0) is 14.6. The average molecular weight is 267 g/mol. The quantitative estimate of drug-likeness (QED) is 0.899. The van der Waals surface area contributed by atoms with Crippen LogP contribution >= 0.6 is 0 Å². The van der Waals surface area contributed by atoms with Crippen LogP contribution in [0.3, 0.4) is 0 Å². The number of alkyl carbamates (subject to hydrolysis) is 1. The van der Waals surface area contributed by atoms with Crippen molar-refractivity contribution in [2.45, 2.75) is 52.7 Å². The zero-order valence-electron chi connectivity index (χ0n) is 12.2. The van der Waals surface area contributed by atoms with E-state index in [2.05, 4.69) is 5.32 Å². The molecule has 0 aliphatic heterocycles. The fraction of sp³-hybridized carbons (Fsp3) is 0.533. The molecule has 0 saturated heterocycles. The van der Waals surface area contributed by atoms with Gasteiger partial charge < -0.3 is 10.1 Å². The van der Waals surface area contributed by atoms with Crippen LogP contribution in [0, 0.1) is 5.82 Å². The number of hydrogen-bond acceptors (Lipinski definition) is 2. The van der Waals surface area contributed by atoms with Gasteiger partial charge in [-0.3, -0.25) is 0 Å². The van der Waals surface area contributed by atoms with Gasteiger partial charge in [-0.1, -0.05) is 26.0 Å². The van der Waals surface area contributed by atoms with E-state index in [9.17, 15) is 9.18 Å². The van der Waals surface area contributed by atoms with Gasteiger partial charge in [0.2, 0.25) is 0 Å². The minimum atomic E-state index is -0.518. The van der Waals surface area contributed by atoms with E-state index < -0.39 is 11.7 Å². The van der Waals surface area contributed by atoms with Crippen LogP contribution in [0.4, 0.5) is 9.18 Å². The summed E-state index contributed by atoms with van der Waals surface area (Å²) in [6.07, 6.45) is -0.470. The van der Waals surface area contributed by atoms with Gasteiger partial charge in [0.15, 0.2) is 0 Å². The Labute approximate surface area is 114 Å². The highest BCUT2D eigenvalue weighted by molar-refractivity contribution is 5.67. The van der Waals surface area contributed by atoms with E-state index in [1.165, 1.54) is 6.07 Å². The number of rotatable bonds is 3. The zero-order valence-corrected chi connectivity index (χ0v) is 12.2. The molecule has 1 amide bonds. The molecule has 0 atom stereocenters. The van der Waals surface area contributed by atoms with Crippen molar-refractivity contribution in [1.29, 1.82) is 0 Å². The van der Waals surface area contributed by atoms with Gasteiger partial charge >= 0.3 is 6.09 Å². The summed E-state index contributed by atoms with van der Waals surface area (Å²) >= 11 is 0. The van der Waals surface area contributed by atoms with E-state index in [0.29, 0.717) is 12.1 Å². The van der Waals surface area contributed by atoms with Crippen molar-refractivity contribution >= 4 is 6.09 Å². The number of halogens is 1. The van der Waals surface area contributed by atoms with Crippen LogP contribution < -0.4 is 5.32 Å². The average Bonchev–Trinajstić information content (AvgIpc) is 2.25. The summed E-state index contributed by atoms with van der Waals surface area (Å²) in [5, 5.41) is 2.66. The van der Waals surface area contributed by atoms with Crippen LogP contribution in [0.1, 0.15) is 51.7 Å². The maximum atomic E-state index is 13.5. The minimum Gasteiger partial charge on any atom is -0.444 e. The lowest BCUT2D eigenvalue weighted by Crippen LogP contribution is -2.32. The second kappa shape index (κ2) is 6.04. The Morgan fingerprint density at radius 1 is 1.37 bits per heavy atom. The number of nitrogens with one attached hydrogen (secondary N) is 1. The van der Waals surface area contributed by atoms with Crippen molar-refractivity contribution in [3.8, 4) is 0 Å². The van der Waals surface area contributed by atoms with Gasteiger partial charge in [0.05, 0.1) is 0 Å². The van der Waals surface area contributed by atoms with Crippen LogP contribution in [0.25, 0.3) is 0 Å². The van der Waals surface area contributed by atoms with Crippen LogP contribution in [0.2, 0.25) is 0 Å². The summed E-state index contributed by atoms with van der Waals surface area (Å²) in [6.45, 7) is 9.62. The van der Waals surface area contributed by atoms with E-state index in [1.54, 1.807) is 32.9 Å². The van der Waals surface area contributed by atoms with E-state index in [4.69, 9.17) is 4.74 Å². The van der Waals surface area contributed by atoms with Crippen molar-refractivity contribution in [3.63, 3.8) is 0 Å². The van der Waals surface area contributed by atoms with Crippen molar-refractivity contribution in [3.05, 3.63) is 35.1 Å². The summed E-state index contributed by atoms with van der Waals surface area (Å²) in [5.74, 6) is -0.0995. The Kier molecular flexibility index (Phi) is 4.92. The third kappa shape index (κ3) is 5.28. The third-order valence-electron chi connectivity index (χ3n) is 2.52. The molecule has 106 valence electrons. The van der Waals surface area contributed by atoms with Gasteiger partial charge in [-0.05, 0) is 43.9 Å². The lowest BCUT2D eigenvalue weighted by molar-refractivity contribution is 0.0523. The first-order chi connectivity index (χ1) is 8.69. The first kappa shape index (κ1) is 15.5. The maximum absolute atomic E-state index is 13.5. The summed E-state index contributed by atoms with van der Waals surface area (Å²) < 4.78 is 18.7. The largest absolute Gasteiger partial charge is 0.444 e. The highest BCUT2D eigenvalue weighted by atomic mass is 19.1. The highest BCUT2D eigenvalue weighted by Gasteiger charge is 2.16. The summed E-state index contributed by atoms with van der Waals surface area (Å²) in [4.78, 5) is 11.5. The lowest BCUT2D eigenvalue weighted by atomic mass is 10.0. The van der Waals surface area contributed by atoms with E-state index in [1.807, 2.05) is 13.8 Å². The second-order valence-corrected chi connectivity index (χ2v) is 5.87. The summed E-state index contributed by atoms with van der Waals surface area (Å²) in [6, 6.07) is 4.87. The van der Waals surface area contributed by atoms with Crippen molar-refractivity contribution in [1.82, 2.24) is 5.32 Å². The fourth-order valence-electron chi connectivity index (χ4n) is 1.63. The Hall–Kier alpha value is -1.58. The molecule has 3 nitrogen and oxygen atoms in total. The fourth-order valence-corrected chi connectivity index (χ4v) is 1.63. The molecule has 19 heavy (non-hydrogen) atoms. The molecule has 0 aliphatic rings. The van der Waals surface area contributed by atoms with Crippen LogP contribution in [-0.4, -0.2) is 11.7 Å². The molecule has 0 saturated carbocycles. The molecule has 0 heterocycles. The number of amides is 1. The Morgan fingerprint density at radius 3 is 2.53 bits per heavy atom. The molecular weight excluding hydrogens is 245 g/mol. The summed E-state index contributed by atoms with van der Waals surface area (Å²) in [5.41, 5.74) is 0.995. The predicted molar refractivity (Wildman–Crippen MR) is 73.6 cm³/mol. The molecule has 4 heteroatoms. The minimum absolute atomic E-state index is 0.112. The normalized spacial score (nSPS) is 11.5. The molecule has 0 unspecified atom stereocenters. The van der Waals surface area contributed by atoms with Gasteiger partial charge in [0, 0.05) is 6.54 Å². The monoisotopic (exact) mass is 267 g/mol. The number of carbonyl (C=O) groups is 1. The molecule has 0 aromatic heterocycles. The molecule has 0 bridgehead atoms. The van der Waals surface area contributed by atoms with Crippen LogP contribution in [0.15, 0.2) is 18.2 Å². The SMILES string of the molecule is CC(C)c1cc(CNC(=O)OC(C)(C)C)ccc1F. The number of ether oxygens (including phenoxy) is 1. The topological polar surface area (TPSA) is 38.3 Å². The standard InChI is InChI=1S/C15H22FNO2/c1-10(2)12-8-11(6-7-13(12)16)9-17-14(18)19-15(3,4)5/h6-8,10H,9H2,1-5H3,(H,17,18). The van der Waals surface area contributed by atoms with Crippen molar-refractivity contribution in [2.75, 3.05) is 0 Å². The lowest BCUT2D eigenvalue weighted by Gasteiger charge is -2.19. The van der Waals surface area contributed by atoms with E-state index in [-0.39, 0.29) is 11.7 Å². The van der Waals surface area contributed by atoms with Crippen LogP contribution in [-0.2, 0) is 11.3 Å². The predicted octanol–water partition coefficient (Wildman–Crippen LogP) is 3.97. The molecule has 0 spiro atoms. The molecule has 1 aromatic rings. The first-order valence-electron chi connectivity index (χ1n) is 6.44. The molecule has 1 aromatic carbocycles. The van der Waals surface area contributed by atoms with Crippen LogP contribution in [0.5, 0.6) is 0 Å².